The molecule has 1 saturated heterocycles. The Hall–Kier alpha value is -1.87. The van der Waals surface area contributed by atoms with Gasteiger partial charge in [-0.2, -0.15) is 8.42 Å². The molecule has 6 atom stereocenters. The standard InChI is InChI=1S/C51H94O12S/c1-3-5-7-9-11-13-15-17-19-20-21-22-23-24-26-27-29-31-33-35-37-39-46(52)60-41-44(42-61-51-50(56)49(55)48(54)45(63-51)43-64(57,58)59)62-47(53)40-38-36-34-32-30-28-25-18-16-14-12-10-8-6-4-2/h34,36,38,40,44-45,48-51,54-56H,3-33,35,37,39,41-43H2,1-2H3,(H,57,58,59)/b36-34+,40-38+/t44-,45-,48-,49?,50?,51+/m1/s1. The number of hydrogen-bond acceptors (Lipinski definition) is 11. The Morgan fingerprint density at radius 2 is 0.984 bits per heavy atom. The Balaban J connectivity index is 2.38. The second-order valence-corrected chi connectivity index (χ2v) is 19.8. The molecule has 0 aromatic heterocycles. The summed E-state index contributed by atoms with van der Waals surface area (Å²) >= 11 is 0. The average Bonchev–Trinajstić information content (AvgIpc) is 3.26. The first-order valence-electron chi connectivity index (χ1n) is 25.9. The maximum Gasteiger partial charge on any atom is 0.331 e. The van der Waals surface area contributed by atoms with E-state index in [1.165, 1.54) is 173 Å². The van der Waals surface area contributed by atoms with Crippen molar-refractivity contribution >= 4 is 22.1 Å². The number of carbonyl (C=O) groups excluding carboxylic acids is 2. The smallest absolute Gasteiger partial charge is 0.331 e. The van der Waals surface area contributed by atoms with Crippen LogP contribution in [0.2, 0.25) is 0 Å². The second-order valence-electron chi connectivity index (χ2n) is 18.3. The molecule has 4 N–H and O–H groups in total. The molecule has 64 heavy (non-hydrogen) atoms. The van der Waals surface area contributed by atoms with Crippen LogP contribution in [0.15, 0.2) is 24.3 Å². The molecule has 0 radical (unpaired) electrons. The number of aliphatic hydroxyl groups is 3. The highest BCUT2D eigenvalue weighted by atomic mass is 32.2. The molecule has 0 saturated carbocycles. The highest BCUT2D eigenvalue weighted by molar-refractivity contribution is 7.85. The van der Waals surface area contributed by atoms with Gasteiger partial charge in [0.1, 0.15) is 36.8 Å². The first kappa shape index (κ1) is 60.1. The van der Waals surface area contributed by atoms with Crippen molar-refractivity contribution in [3.05, 3.63) is 24.3 Å². The molecule has 1 rings (SSSR count). The van der Waals surface area contributed by atoms with Gasteiger partial charge in [-0.25, -0.2) is 4.79 Å². The minimum absolute atomic E-state index is 0.205. The summed E-state index contributed by atoms with van der Waals surface area (Å²) in [6.45, 7) is 3.70. The molecule has 0 bridgehead atoms. The third-order valence-electron chi connectivity index (χ3n) is 12.1. The zero-order valence-electron chi connectivity index (χ0n) is 40.4. The van der Waals surface area contributed by atoms with Crippen molar-refractivity contribution in [2.75, 3.05) is 19.0 Å². The lowest BCUT2D eigenvalue weighted by Crippen LogP contribution is -2.60. The van der Waals surface area contributed by atoms with Crippen molar-refractivity contribution in [3.63, 3.8) is 0 Å². The lowest BCUT2D eigenvalue weighted by atomic mass is 10.00. The van der Waals surface area contributed by atoms with Crippen LogP contribution >= 0.6 is 0 Å². The number of rotatable bonds is 44. The summed E-state index contributed by atoms with van der Waals surface area (Å²) in [5.74, 6) is -2.23. The number of aliphatic hydroxyl groups excluding tert-OH is 3. The van der Waals surface area contributed by atoms with E-state index in [9.17, 15) is 37.9 Å². The van der Waals surface area contributed by atoms with E-state index in [0.717, 1.165) is 38.5 Å². The Morgan fingerprint density at radius 1 is 0.562 bits per heavy atom. The van der Waals surface area contributed by atoms with Crippen LogP contribution < -0.4 is 0 Å². The van der Waals surface area contributed by atoms with Crippen LogP contribution in [0.4, 0.5) is 0 Å². The number of allylic oxidation sites excluding steroid dienone is 3. The number of ether oxygens (including phenoxy) is 4. The van der Waals surface area contributed by atoms with Crippen LogP contribution in [0, 0.1) is 0 Å². The zero-order valence-corrected chi connectivity index (χ0v) is 41.2. The monoisotopic (exact) mass is 931 g/mol. The summed E-state index contributed by atoms with van der Waals surface area (Å²) in [7, 11) is -4.61. The molecule has 1 aliphatic heterocycles. The van der Waals surface area contributed by atoms with Crippen molar-refractivity contribution in [2.45, 2.75) is 269 Å². The van der Waals surface area contributed by atoms with E-state index in [1.807, 2.05) is 6.08 Å². The SMILES string of the molecule is CCCCCCCCCCCCC/C=C/C=C/C(=O)O[C@H](COC(=O)CCCCCCCCCCCCCCCCCCCCCCC)CO[C@H]1O[C@H](CS(=O)(=O)O)[C@@H](O)C(O)C1O. The van der Waals surface area contributed by atoms with Crippen molar-refractivity contribution in [2.24, 2.45) is 0 Å². The fourth-order valence-corrected chi connectivity index (χ4v) is 8.81. The van der Waals surface area contributed by atoms with Gasteiger partial charge in [0.05, 0.1) is 6.61 Å². The highest BCUT2D eigenvalue weighted by Crippen LogP contribution is 2.24. The van der Waals surface area contributed by atoms with E-state index >= 15 is 0 Å². The fourth-order valence-electron chi connectivity index (χ4n) is 8.12. The summed E-state index contributed by atoms with van der Waals surface area (Å²) in [6, 6.07) is 0. The van der Waals surface area contributed by atoms with Gasteiger partial charge in [-0.3, -0.25) is 9.35 Å². The minimum Gasteiger partial charge on any atom is -0.462 e. The Bertz CT molecular complexity index is 1270. The summed E-state index contributed by atoms with van der Waals surface area (Å²) in [5.41, 5.74) is 0. The molecule has 1 aliphatic rings. The molecule has 0 aromatic carbocycles. The Kier molecular flexibility index (Phi) is 38.8. The van der Waals surface area contributed by atoms with Crippen LogP contribution in [-0.2, 0) is 38.7 Å². The average molecular weight is 931 g/mol. The normalized spacial score (nSPS) is 19.8. The highest BCUT2D eigenvalue weighted by Gasteiger charge is 2.46. The van der Waals surface area contributed by atoms with E-state index < -0.39 is 71.2 Å². The van der Waals surface area contributed by atoms with E-state index in [2.05, 4.69) is 13.8 Å². The molecule has 13 heteroatoms. The summed E-state index contributed by atoms with van der Waals surface area (Å²) < 4.78 is 54.0. The van der Waals surface area contributed by atoms with Crippen molar-refractivity contribution < 1.29 is 56.8 Å². The second kappa shape index (κ2) is 41.3. The van der Waals surface area contributed by atoms with Gasteiger partial charge in [0, 0.05) is 12.5 Å². The third kappa shape index (κ3) is 35.3. The van der Waals surface area contributed by atoms with Crippen LogP contribution in [0.25, 0.3) is 0 Å². The first-order valence-corrected chi connectivity index (χ1v) is 27.5. The largest absolute Gasteiger partial charge is 0.462 e. The van der Waals surface area contributed by atoms with Gasteiger partial charge in [0.15, 0.2) is 12.4 Å². The van der Waals surface area contributed by atoms with Gasteiger partial charge in [0.25, 0.3) is 10.1 Å². The predicted octanol–water partition coefficient (Wildman–Crippen LogP) is 11.6. The summed E-state index contributed by atoms with van der Waals surface area (Å²) in [5, 5.41) is 30.9. The van der Waals surface area contributed by atoms with Crippen LogP contribution in [0.3, 0.4) is 0 Å². The van der Waals surface area contributed by atoms with Crippen LogP contribution in [0.5, 0.6) is 0 Å². The van der Waals surface area contributed by atoms with E-state index in [1.54, 1.807) is 12.2 Å². The molecule has 1 fully saturated rings. The molecule has 376 valence electrons. The summed E-state index contributed by atoms with van der Waals surface area (Å²) in [6.07, 6.45) is 38.6. The van der Waals surface area contributed by atoms with E-state index in [0.29, 0.717) is 6.42 Å². The van der Waals surface area contributed by atoms with E-state index in [4.69, 9.17) is 18.9 Å². The Labute approximate surface area is 389 Å². The number of esters is 2. The van der Waals surface area contributed by atoms with Gasteiger partial charge in [-0.1, -0.05) is 225 Å². The Morgan fingerprint density at radius 3 is 1.42 bits per heavy atom. The first-order chi connectivity index (χ1) is 31.0. The molecule has 1 heterocycles. The quantitative estimate of drug-likeness (QED) is 0.0149. The van der Waals surface area contributed by atoms with Gasteiger partial charge in [-0.15, -0.1) is 0 Å². The molecule has 0 amide bonds. The minimum atomic E-state index is -4.61. The zero-order chi connectivity index (χ0) is 46.9. The fraction of sp³-hybridized carbons (Fsp3) is 0.882. The topological polar surface area (TPSA) is 186 Å². The van der Waals surface area contributed by atoms with Gasteiger partial charge in [0.2, 0.25) is 0 Å². The number of carbonyl (C=O) groups is 2. The van der Waals surface area contributed by atoms with Crippen LogP contribution in [0.1, 0.15) is 232 Å². The lowest BCUT2D eigenvalue weighted by Gasteiger charge is -2.40. The molecule has 0 aromatic rings. The third-order valence-corrected chi connectivity index (χ3v) is 12.9. The van der Waals surface area contributed by atoms with Crippen molar-refractivity contribution in [1.82, 2.24) is 0 Å². The van der Waals surface area contributed by atoms with Gasteiger partial charge in [-0.05, 0) is 19.3 Å². The van der Waals surface area contributed by atoms with Gasteiger partial charge < -0.3 is 34.3 Å². The molecule has 0 spiro atoms. The number of unbranched alkanes of at least 4 members (excludes halogenated alkanes) is 31. The van der Waals surface area contributed by atoms with Gasteiger partial charge >= 0.3 is 11.9 Å². The van der Waals surface area contributed by atoms with Crippen molar-refractivity contribution in [1.29, 1.82) is 0 Å². The maximum absolute atomic E-state index is 12.7. The molecule has 12 nitrogen and oxygen atoms in total. The molecular weight excluding hydrogens is 837 g/mol. The predicted molar refractivity (Wildman–Crippen MR) is 256 cm³/mol. The molecule has 2 unspecified atom stereocenters. The molecule has 0 aliphatic carbocycles. The lowest BCUT2D eigenvalue weighted by molar-refractivity contribution is -0.297. The maximum atomic E-state index is 12.7. The molecular formula is C51H94O12S. The summed E-state index contributed by atoms with van der Waals surface area (Å²) in [4.78, 5) is 25.4. The van der Waals surface area contributed by atoms with Crippen LogP contribution in [-0.4, -0.2) is 96.0 Å². The number of hydrogen-bond donors (Lipinski definition) is 4. The van der Waals surface area contributed by atoms with E-state index in [-0.39, 0.29) is 13.0 Å². The van der Waals surface area contributed by atoms with Crippen molar-refractivity contribution in [3.8, 4) is 0 Å².